The molecule has 0 aliphatic carbocycles. The summed E-state index contributed by atoms with van der Waals surface area (Å²) < 4.78 is 5.77. The Hall–Kier alpha value is -5.17. The monoisotopic (exact) mass is 1100 g/mol. The van der Waals surface area contributed by atoms with Gasteiger partial charge in [0.25, 0.3) is 0 Å². The second-order valence-electron chi connectivity index (χ2n) is 21.1. The van der Waals surface area contributed by atoms with Gasteiger partial charge in [-0.2, -0.15) is 0 Å². The van der Waals surface area contributed by atoms with E-state index in [4.69, 9.17) is 21.9 Å². The van der Waals surface area contributed by atoms with Gasteiger partial charge in [0.15, 0.2) is 6.04 Å². The van der Waals surface area contributed by atoms with Crippen molar-refractivity contribution in [3.8, 4) is 0 Å². The van der Waals surface area contributed by atoms with E-state index >= 15 is 0 Å². The number of nitrogens with two attached hydrogens (primary N) is 3. The van der Waals surface area contributed by atoms with Crippen molar-refractivity contribution in [2.24, 2.45) is 52.7 Å². The third-order valence-corrected chi connectivity index (χ3v) is 13.5. The molecule has 1 fully saturated rings. The van der Waals surface area contributed by atoms with Crippen molar-refractivity contribution >= 4 is 71.5 Å². The van der Waals surface area contributed by atoms with E-state index in [9.17, 15) is 53.1 Å². The number of halogens is 1. The van der Waals surface area contributed by atoms with Crippen molar-refractivity contribution in [2.45, 2.75) is 201 Å². The Bertz CT molecular complexity index is 1900. The summed E-state index contributed by atoms with van der Waals surface area (Å²) in [5.74, 6) is -10.4. The highest BCUT2D eigenvalue weighted by molar-refractivity contribution is 5.98. The molecule has 1 aliphatic heterocycles. The Labute approximate surface area is 456 Å². The molecule has 0 aromatic carbocycles. The lowest BCUT2D eigenvalue weighted by molar-refractivity contribution is -0.158. The number of esters is 1. The van der Waals surface area contributed by atoms with E-state index in [2.05, 4.69) is 47.9 Å². The molecule has 25 heteroatoms. The van der Waals surface area contributed by atoms with Gasteiger partial charge in [-0.1, -0.05) is 102 Å². The number of aliphatic hydroxyl groups is 1. The summed E-state index contributed by atoms with van der Waals surface area (Å²) in [6.07, 6.45) is -0.430. The Kier molecular flexibility index (Phi) is 33.6. The van der Waals surface area contributed by atoms with Crippen LogP contribution in [0.5, 0.6) is 0 Å². The van der Waals surface area contributed by atoms with Gasteiger partial charge in [-0.3, -0.25) is 43.2 Å². The molecule has 9 amide bonds. The minimum absolute atomic E-state index is 0. The first-order valence-corrected chi connectivity index (χ1v) is 26.9. The van der Waals surface area contributed by atoms with Gasteiger partial charge in [0.05, 0.1) is 13.0 Å². The van der Waals surface area contributed by atoms with Crippen LogP contribution in [-0.4, -0.2) is 151 Å². The minimum atomic E-state index is -1.65. The predicted molar refractivity (Wildman–Crippen MR) is 289 cm³/mol. The number of carbonyl (C=O) groups excluding carboxylic acids is 10. The van der Waals surface area contributed by atoms with Crippen molar-refractivity contribution in [3.63, 3.8) is 0 Å². The molecule has 24 nitrogen and oxygen atoms in total. The van der Waals surface area contributed by atoms with Crippen LogP contribution in [0.25, 0.3) is 0 Å². The van der Waals surface area contributed by atoms with E-state index in [1.807, 2.05) is 13.8 Å². The van der Waals surface area contributed by atoms with E-state index < -0.39 is 156 Å². The molecule has 16 N–H and O–H groups in total. The molecule has 0 spiro atoms. The average Bonchev–Trinajstić information content (AvgIpc) is 3.34. The Balaban J connectivity index is 0.0000562. The topological polar surface area (TPSA) is 386 Å². The smallest absolute Gasteiger partial charge is 0.331 e. The van der Waals surface area contributed by atoms with Crippen molar-refractivity contribution in [2.75, 3.05) is 26.2 Å². The molecule has 438 valence electrons. The van der Waals surface area contributed by atoms with Crippen LogP contribution in [0.2, 0.25) is 0 Å². The zero-order valence-corrected chi connectivity index (χ0v) is 47.8. The molecular formula is C51H95ClN12O12. The minimum Gasteiger partial charge on any atom is -0.460 e. The fourth-order valence-corrected chi connectivity index (χ4v) is 8.21. The summed E-state index contributed by atoms with van der Waals surface area (Å²) in [6, 6.07) is -11.8. The summed E-state index contributed by atoms with van der Waals surface area (Å²) in [4.78, 5) is 140. The zero-order valence-electron chi connectivity index (χ0n) is 47.0. The molecule has 0 radical (unpaired) electrons. The number of rotatable bonds is 18. The molecular weight excluding hydrogens is 1010 g/mol. The summed E-state index contributed by atoms with van der Waals surface area (Å²) in [6.45, 7) is 19.9. The highest BCUT2D eigenvalue weighted by atomic mass is 35.5. The second kappa shape index (κ2) is 36.0. The molecule has 1 rings (SSSR count). The van der Waals surface area contributed by atoms with E-state index in [1.165, 1.54) is 0 Å². The zero-order chi connectivity index (χ0) is 57.3. The van der Waals surface area contributed by atoms with Crippen molar-refractivity contribution in [3.05, 3.63) is 0 Å². The van der Waals surface area contributed by atoms with Crippen molar-refractivity contribution in [1.29, 1.82) is 0 Å². The van der Waals surface area contributed by atoms with Crippen molar-refractivity contribution in [1.82, 2.24) is 47.9 Å². The normalized spacial score (nSPS) is 27.4. The number of nitrogens with one attached hydrogen (secondary N) is 9. The third-order valence-electron chi connectivity index (χ3n) is 13.5. The Morgan fingerprint density at radius 2 is 0.763 bits per heavy atom. The third kappa shape index (κ3) is 23.6. The first kappa shape index (κ1) is 70.8. The fraction of sp³-hybridized carbons (Fsp3) is 0.804. The van der Waals surface area contributed by atoms with Crippen LogP contribution in [0, 0.1) is 35.5 Å². The highest BCUT2D eigenvalue weighted by Crippen LogP contribution is 2.18. The maximum atomic E-state index is 14.3. The molecule has 0 bridgehead atoms. The quantitative estimate of drug-likeness (QED) is 0.0734. The molecule has 1 heterocycles. The number of hydrogen-bond acceptors (Lipinski definition) is 15. The maximum absolute atomic E-state index is 14.3. The van der Waals surface area contributed by atoms with Crippen LogP contribution in [0.1, 0.15) is 141 Å². The number of amides is 9. The van der Waals surface area contributed by atoms with Gasteiger partial charge in [-0.05, 0) is 87.2 Å². The first-order valence-electron chi connectivity index (χ1n) is 26.9. The largest absolute Gasteiger partial charge is 0.460 e. The maximum Gasteiger partial charge on any atom is 0.331 e. The Morgan fingerprint density at radius 3 is 1.11 bits per heavy atom. The number of ether oxygens (including phenoxy) is 1. The van der Waals surface area contributed by atoms with E-state index in [0.717, 1.165) is 0 Å². The van der Waals surface area contributed by atoms with Gasteiger partial charge in [0.1, 0.15) is 54.4 Å². The van der Waals surface area contributed by atoms with Gasteiger partial charge < -0.3 is 74.9 Å². The van der Waals surface area contributed by atoms with Crippen LogP contribution in [-0.2, 0) is 52.7 Å². The number of carbonyl (C=O) groups is 10. The molecule has 1 saturated heterocycles. The molecule has 13 atom stereocenters. The van der Waals surface area contributed by atoms with E-state index in [-0.39, 0.29) is 76.0 Å². The van der Waals surface area contributed by atoms with Crippen LogP contribution in [0.3, 0.4) is 0 Å². The lowest BCUT2D eigenvalue weighted by atomic mass is 9.95. The SMILES string of the molecule is CCC(C)C1CC(=O)NC(CCN)C(=O)NC(C(C)CC)C(=O)NC(CCN)C(=O)NC(C(C)CC)C(=O)NC(CC(C)C)C(=O)NC(CCN)C(=O)NC(C(C)C)C(=O)NC(CC(C)C)C(=O)NC(CO)C(=O)O1.Cl. The van der Waals surface area contributed by atoms with Gasteiger partial charge >= 0.3 is 5.97 Å². The molecule has 76 heavy (non-hydrogen) atoms. The van der Waals surface area contributed by atoms with Crippen LogP contribution in [0.4, 0.5) is 0 Å². The molecule has 1 aliphatic rings. The van der Waals surface area contributed by atoms with Crippen molar-refractivity contribution < 1.29 is 57.8 Å². The van der Waals surface area contributed by atoms with Gasteiger partial charge in [-0.25, -0.2) is 4.79 Å². The van der Waals surface area contributed by atoms with Gasteiger partial charge in [0.2, 0.25) is 53.2 Å². The molecule has 0 aromatic heterocycles. The lowest BCUT2D eigenvalue weighted by Crippen LogP contribution is -2.62. The molecule has 0 aromatic rings. The van der Waals surface area contributed by atoms with Crippen LogP contribution in [0.15, 0.2) is 0 Å². The average molecular weight is 1100 g/mol. The summed E-state index contributed by atoms with van der Waals surface area (Å²) in [5.41, 5.74) is 17.7. The van der Waals surface area contributed by atoms with E-state index in [1.54, 1.807) is 69.2 Å². The van der Waals surface area contributed by atoms with Gasteiger partial charge in [0, 0.05) is 0 Å². The number of hydrogen-bond donors (Lipinski definition) is 13. The lowest BCUT2D eigenvalue weighted by Gasteiger charge is -2.31. The fourth-order valence-electron chi connectivity index (χ4n) is 8.21. The predicted octanol–water partition coefficient (Wildman–Crippen LogP) is -0.988. The van der Waals surface area contributed by atoms with Gasteiger partial charge in [-0.15, -0.1) is 12.4 Å². The number of aliphatic hydroxyl groups excluding tert-OH is 1. The Morgan fingerprint density at radius 1 is 0.447 bits per heavy atom. The summed E-state index contributed by atoms with van der Waals surface area (Å²) >= 11 is 0. The second-order valence-corrected chi connectivity index (χ2v) is 21.1. The standard InChI is InChI=1S/C51H94N12O12.ClH/c1-13-29(10)38-24-39(65)55-32(16-19-52)43(66)62-41(30(11)14-2)49(72)57-34(18-21-54)45(68)63-42(31(12)15-3)50(73)59-35(22-26(4)5)46(69)56-33(17-20-53)44(67)61-40(28(8)9)48(71)58-36(23-27(6)7)47(70)60-37(25-64)51(74)75-38;/h26-38,40-42,64H,13-25,52-54H2,1-12H3,(H,55,65)(H,56,69)(H,57,72)(H,58,71)(H,59,73)(H,60,70)(H,61,67)(H,62,66)(H,63,68);1H. The molecule has 0 saturated carbocycles. The number of cyclic esters (lactones) is 1. The van der Waals surface area contributed by atoms with E-state index in [0.29, 0.717) is 19.3 Å². The van der Waals surface area contributed by atoms with Crippen LogP contribution < -0.4 is 65.1 Å². The summed E-state index contributed by atoms with van der Waals surface area (Å²) in [7, 11) is 0. The molecule has 13 unspecified atom stereocenters. The first-order chi connectivity index (χ1) is 35.2. The highest BCUT2D eigenvalue weighted by Gasteiger charge is 2.38. The van der Waals surface area contributed by atoms with Crippen LogP contribution >= 0.6 is 12.4 Å². The summed E-state index contributed by atoms with van der Waals surface area (Å²) in [5, 5.41) is 34.4.